The maximum absolute atomic E-state index is 12.3. The van der Waals surface area contributed by atoms with E-state index in [0.717, 1.165) is 30.8 Å². The van der Waals surface area contributed by atoms with Gasteiger partial charge in [-0.1, -0.05) is 25.1 Å². The number of hydrogen-bond donors (Lipinski definition) is 1. The van der Waals surface area contributed by atoms with Crippen LogP contribution in [0.15, 0.2) is 24.3 Å². The molecule has 2 rings (SSSR count). The molecular formula is C15H22N2O2. The Morgan fingerprint density at radius 3 is 2.84 bits per heavy atom. The molecule has 0 radical (unpaired) electrons. The number of rotatable bonds is 4. The number of benzene rings is 1. The Kier molecular flexibility index (Phi) is 4.10. The van der Waals surface area contributed by atoms with Crippen LogP contribution in [0.3, 0.4) is 0 Å². The summed E-state index contributed by atoms with van der Waals surface area (Å²) in [6, 6.07) is 7.67. The molecule has 1 saturated heterocycles. The van der Waals surface area contributed by atoms with Crippen molar-refractivity contribution in [1.82, 2.24) is 4.90 Å². The van der Waals surface area contributed by atoms with Gasteiger partial charge in [0.15, 0.2) is 0 Å². The van der Waals surface area contributed by atoms with Crippen molar-refractivity contribution in [3.05, 3.63) is 29.8 Å². The lowest BCUT2D eigenvalue weighted by molar-refractivity contribution is -0.129. The SMILES string of the molecule is COc1ccccc1CC(=O)N1CCC(C)(CN)C1. The molecule has 104 valence electrons. The Balaban J connectivity index is 2.02. The largest absolute Gasteiger partial charge is 0.496 e. The van der Waals surface area contributed by atoms with Crippen LogP contribution in [0.1, 0.15) is 18.9 Å². The maximum atomic E-state index is 12.3. The zero-order chi connectivity index (χ0) is 13.9. The van der Waals surface area contributed by atoms with Gasteiger partial charge in [-0.25, -0.2) is 0 Å². The summed E-state index contributed by atoms with van der Waals surface area (Å²) in [4.78, 5) is 14.2. The van der Waals surface area contributed by atoms with Gasteiger partial charge in [-0.15, -0.1) is 0 Å². The molecule has 0 aromatic heterocycles. The van der Waals surface area contributed by atoms with Crippen molar-refractivity contribution >= 4 is 5.91 Å². The van der Waals surface area contributed by atoms with Crippen molar-refractivity contribution in [3.63, 3.8) is 0 Å². The fraction of sp³-hybridized carbons (Fsp3) is 0.533. The van der Waals surface area contributed by atoms with Gasteiger partial charge in [-0.3, -0.25) is 4.79 Å². The molecule has 1 amide bonds. The normalized spacial score (nSPS) is 22.6. The van der Waals surface area contributed by atoms with Gasteiger partial charge in [0.1, 0.15) is 5.75 Å². The first kappa shape index (κ1) is 13.9. The van der Waals surface area contributed by atoms with Crippen molar-refractivity contribution in [2.75, 3.05) is 26.7 Å². The molecule has 1 atom stereocenters. The van der Waals surface area contributed by atoms with Crippen LogP contribution in [0.4, 0.5) is 0 Å². The first-order valence-electron chi connectivity index (χ1n) is 6.68. The molecule has 1 aliphatic heterocycles. The van der Waals surface area contributed by atoms with Gasteiger partial charge in [-0.05, 0) is 24.4 Å². The summed E-state index contributed by atoms with van der Waals surface area (Å²) in [7, 11) is 1.63. The van der Waals surface area contributed by atoms with Crippen molar-refractivity contribution in [2.24, 2.45) is 11.1 Å². The second kappa shape index (κ2) is 5.61. The Labute approximate surface area is 114 Å². The van der Waals surface area contributed by atoms with Crippen LogP contribution in [0.25, 0.3) is 0 Å². The molecule has 4 heteroatoms. The van der Waals surface area contributed by atoms with E-state index in [1.807, 2.05) is 29.2 Å². The second-order valence-electron chi connectivity index (χ2n) is 5.57. The Bertz CT molecular complexity index is 461. The minimum absolute atomic E-state index is 0.0798. The van der Waals surface area contributed by atoms with E-state index >= 15 is 0 Å². The number of likely N-dealkylation sites (tertiary alicyclic amines) is 1. The summed E-state index contributed by atoms with van der Waals surface area (Å²) in [5.74, 6) is 0.929. The van der Waals surface area contributed by atoms with Gasteiger partial charge in [0.2, 0.25) is 5.91 Å². The molecule has 1 unspecified atom stereocenters. The Hall–Kier alpha value is -1.55. The summed E-state index contributed by atoms with van der Waals surface area (Å²) >= 11 is 0. The average Bonchev–Trinajstić information content (AvgIpc) is 2.83. The Morgan fingerprint density at radius 2 is 2.21 bits per heavy atom. The molecule has 4 nitrogen and oxygen atoms in total. The zero-order valence-corrected chi connectivity index (χ0v) is 11.7. The minimum atomic E-state index is 0.0798. The lowest BCUT2D eigenvalue weighted by Gasteiger charge is -2.22. The van der Waals surface area contributed by atoms with Crippen molar-refractivity contribution in [3.8, 4) is 5.75 Å². The van der Waals surface area contributed by atoms with Gasteiger partial charge in [0.25, 0.3) is 0 Å². The molecule has 2 N–H and O–H groups in total. The van der Waals surface area contributed by atoms with E-state index in [-0.39, 0.29) is 11.3 Å². The van der Waals surface area contributed by atoms with E-state index in [4.69, 9.17) is 10.5 Å². The number of para-hydroxylation sites is 1. The van der Waals surface area contributed by atoms with Crippen molar-refractivity contribution in [2.45, 2.75) is 19.8 Å². The molecule has 1 aromatic rings. The van der Waals surface area contributed by atoms with E-state index in [1.54, 1.807) is 7.11 Å². The number of nitrogens with two attached hydrogens (primary N) is 1. The zero-order valence-electron chi connectivity index (χ0n) is 11.7. The van der Waals surface area contributed by atoms with E-state index in [1.165, 1.54) is 0 Å². The highest BCUT2D eigenvalue weighted by Crippen LogP contribution is 2.29. The van der Waals surface area contributed by atoms with Gasteiger partial charge >= 0.3 is 0 Å². The third-order valence-electron chi connectivity index (χ3n) is 3.94. The van der Waals surface area contributed by atoms with Gasteiger partial charge in [0.05, 0.1) is 13.5 Å². The van der Waals surface area contributed by atoms with Crippen molar-refractivity contribution in [1.29, 1.82) is 0 Å². The van der Waals surface area contributed by atoms with Gasteiger partial charge < -0.3 is 15.4 Å². The van der Waals surface area contributed by atoms with Crippen LogP contribution in [-0.2, 0) is 11.2 Å². The molecule has 1 heterocycles. The van der Waals surface area contributed by atoms with Crippen LogP contribution in [0.5, 0.6) is 5.75 Å². The van der Waals surface area contributed by atoms with Crippen LogP contribution >= 0.6 is 0 Å². The average molecular weight is 262 g/mol. The summed E-state index contributed by atoms with van der Waals surface area (Å²) in [6.07, 6.45) is 1.38. The first-order valence-corrected chi connectivity index (χ1v) is 6.68. The lowest BCUT2D eigenvalue weighted by Crippen LogP contribution is -2.35. The molecular weight excluding hydrogens is 240 g/mol. The highest BCUT2D eigenvalue weighted by atomic mass is 16.5. The summed E-state index contributed by atoms with van der Waals surface area (Å²) < 4.78 is 5.28. The molecule has 1 fully saturated rings. The number of methoxy groups -OCH3 is 1. The Morgan fingerprint density at radius 1 is 1.47 bits per heavy atom. The first-order chi connectivity index (χ1) is 9.08. The number of carbonyl (C=O) groups is 1. The number of amides is 1. The number of hydrogen-bond acceptors (Lipinski definition) is 3. The van der Waals surface area contributed by atoms with E-state index in [2.05, 4.69) is 6.92 Å². The summed E-state index contributed by atoms with van der Waals surface area (Å²) in [6.45, 7) is 4.34. The predicted molar refractivity (Wildman–Crippen MR) is 75.1 cm³/mol. The maximum Gasteiger partial charge on any atom is 0.227 e. The third kappa shape index (κ3) is 3.07. The fourth-order valence-electron chi connectivity index (χ4n) is 2.53. The molecule has 1 aromatic carbocycles. The topological polar surface area (TPSA) is 55.6 Å². The number of nitrogens with zero attached hydrogens (tertiary/aromatic N) is 1. The van der Waals surface area contributed by atoms with Crippen LogP contribution in [0.2, 0.25) is 0 Å². The molecule has 19 heavy (non-hydrogen) atoms. The number of ether oxygens (including phenoxy) is 1. The highest BCUT2D eigenvalue weighted by Gasteiger charge is 2.34. The van der Waals surface area contributed by atoms with E-state index < -0.39 is 0 Å². The molecule has 0 aliphatic carbocycles. The van der Waals surface area contributed by atoms with E-state index in [0.29, 0.717) is 13.0 Å². The van der Waals surface area contributed by atoms with Gasteiger partial charge in [-0.2, -0.15) is 0 Å². The molecule has 0 saturated carbocycles. The highest BCUT2D eigenvalue weighted by molar-refractivity contribution is 5.79. The number of carbonyl (C=O) groups excluding carboxylic acids is 1. The fourth-order valence-corrected chi connectivity index (χ4v) is 2.53. The quantitative estimate of drug-likeness (QED) is 0.893. The lowest BCUT2D eigenvalue weighted by atomic mass is 9.90. The summed E-state index contributed by atoms with van der Waals surface area (Å²) in [5.41, 5.74) is 6.79. The molecule has 0 spiro atoms. The third-order valence-corrected chi connectivity index (χ3v) is 3.94. The monoisotopic (exact) mass is 262 g/mol. The van der Waals surface area contributed by atoms with Gasteiger partial charge in [0, 0.05) is 18.7 Å². The van der Waals surface area contributed by atoms with Crippen LogP contribution in [0, 0.1) is 5.41 Å². The standard InChI is InChI=1S/C15H22N2O2/c1-15(10-16)7-8-17(11-15)14(18)9-12-5-3-4-6-13(12)19-2/h3-6H,7-11,16H2,1-2H3. The van der Waals surface area contributed by atoms with Crippen molar-refractivity contribution < 1.29 is 9.53 Å². The second-order valence-corrected chi connectivity index (χ2v) is 5.57. The minimum Gasteiger partial charge on any atom is -0.496 e. The predicted octanol–water partition coefficient (Wildman–Crippen LogP) is 1.44. The van der Waals surface area contributed by atoms with Crippen LogP contribution < -0.4 is 10.5 Å². The summed E-state index contributed by atoms with van der Waals surface area (Å²) in [5, 5.41) is 0. The van der Waals surface area contributed by atoms with Crippen LogP contribution in [-0.4, -0.2) is 37.6 Å². The van der Waals surface area contributed by atoms with E-state index in [9.17, 15) is 4.79 Å². The molecule has 1 aliphatic rings. The smallest absolute Gasteiger partial charge is 0.227 e. The molecule has 0 bridgehead atoms.